The zero-order chi connectivity index (χ0) is 25.5. The number of hydrogen-bond donors (Lipinski definition) is 0. The monoisotopic (exact) mass is 534 g/mol. The third-order valence-corrected chi connectivity index (χ3v) is 10.7. The summed E-state index contributed by atoms with van der Waals surface area (Å²) in [6.07, 6.45) is 6.97. The van der Waals surface area contributed by atoms with Crippen molar-refractivity contribution in [2.24, 2.45) is 0 Å². The minimum Gasteiger partial charge on any atom is -0.484 e. The van der Waals surface area contributed by atoms with Gasteiger partial charge in [0.15, 0.2) is 0 Å². The highest BCUT2D eigenvalue weighted by Crippen LogP contribution is 2.51. The van der Waals surface area contributed by atoms with Crippen molar-refractivity contribution in [1.82, 2.24) is 0 Å². The Morgan fingerprint density at radius 3 is 1.87 bits per heavy atom. The first-order valence-electron chi connectivity index (χ1n) is 13.3. The number of hydrogen-bond acceptors (Lipinski definition) is 3. The molecule has 0 N–H and O–H groups in total. The third kappa shape index (κ3) is 3.12. The molecule has 7 aromatic rings. The first kappa shape index (κ1) is 21.7. The van der Waals surface area contributed by atoms with Gasteiger partial charge < -0.3 is 4.74 Å². The largest absolute Gasteiger partial charge is 0.484 e. The molecule has 5 aromatic carbocycles. The Bertz CT molecular complexity index is 2170. The van der Waals surface area contributed by atoms with Crippen molar-refractivity contribution >= 4 is 68.6 Å². The first-order valence-corrected chi connectivity index (χ1v) is 15.0. The Morgan fingerprint density at radius 1 is 0.538 bits per heavy atom. The van der Waals surface area contributed by atoms with E-state index in [2.05, 4.69) is 121 Å². The van der Waals surface area contributed by atoms with Crippen molar-refractivity contribution in [1.29, 1.82) is 0 Å². The van der Waals surface area contributed by atoms with Crippen LogP contribution in [0.15, 0.2) is 121 Å². The molecule has 2 aromatic heterocycles. The molecule has 0 bridgehead atoms. The Hall–Kier alpha value is -4.18. The summed E-state index contributed by atoms with van der Waals surface area (Å²) in [5.41, 5.74) is 6.31. The fourth-order valence-corrected chi connectivity index (χ4v) is 8.92. The molecule has 9 rings (SSSR count). The molecule has 2 atom stereocenters. The minimum atomic E-state index is 0.0214. The molecule has 2 aliphatic rings. The summed E-state index contributed by atoms with van der Waals surface area (Å²) >= 11 is 3.76. The van der Waals surface area contributed by atoms with Gasteiger partial charge >= 0.3 is 0 Å². The minimum absolute atomic E-state index is 0.0214. The van der Waals surface area contributed by atoms with Gasteiger partial charge in [0.1, 0.15) is 11.9 Å². The lowest BCUT2D eigenvalue weighted by molar-refractivity contribution is 0.270. The third-order valence-electron chi connectivity index (χ3n) is 8.25. The zero-order valence-electron chi connectivity index (χ0n) is 20.9. The van der Waals surface area contributed by atoms with Gasteiger partial charge in [0.2, 0.25) is 0 Å². The second-order valence-electron chi connectivity index (χ2n) is 10.4. The van der Waals surface area contributed by atoms with Gasteiger partial charge in [0.25, 0.3) is 0 Å². The molecule has 39 heavy (non-hydrogen) atoms. The quantitative estimate of drug-likeness (QED) is 0.214. The smallest absolute Gasteiger partial charge is 0.132 e. The van der Waals surface area contributed by atoms with E-state index in [-0.39, 0.29) is 12.0 Å². The van der Waals surface area contributed by atoms with E-state index in [0.29, 0.717) is 0 Å². The van der Waals surface area contributed by atoms with Crippen LogP contribution in [-0.2, 0) is 0 Å². The Kier molecular flexibility index (Phi) is 4.54. The van der Waals surface area contributed by atoms with Gasteiger partial charge in [-0.15, -0.1) is 22.7 Å². The summed E-state index contributed by atoms with van der Waals surface area (Å²) in [6.45, 7) is 0. The summed E-state index contributed by atoms with van der Waals surface area (Å²) in [6, 6.07) is 37.5. The molecule has 0 saturated carbocycles. The van der Waals surface area contributed by atoms with Crippen LogP contribution >= 0.6 is 22.7 Å². The topological polar surface area (TPSA) is 9.23 Å². The number of allylic oxidation sites excluding steroid dienone is 2. The average Bonchev–Trinajstić information content (AvgIpc) is 3.68. The van der Waals surface area contributed by atoms with Crippen LogP contribution in [0.3, 0.4) is 0 Å². The molecular formula is C36H22OS2. The van der Waals surface area contributed by atoms with Gasteiger partial charge in [-0.3, -0.25) is 0 Å². The predicted molar refractivity (Wildman–Crippen MR) is 168 cm³/mol. The maximum absolute atomic E-state index is 6.71. The Morgan fingerprint density at radius 2 is 1.13 bits per heavy atom. The van der Waals surface area contributed by atoms with E-state index in [1.165, 1.54) is 68.2 Å². The highest BCUT2D eigenvalue weighted by molar-refractivity contribution is 7.26. The molecule has 1 aliphatic carbocycles. The van der Waals surface area contributed by atoms with Gasteiger partial charge in [-0.25, -0.2) is 0 Å². The van der Waals surface area contributed by atoms with Crippen molar-refractivity contribution in [3.8, 4) is 16.9 Å². The van der Waals surface area contributed by atoms with Crippen LogP contribution in [0.5, 0.6) is 5.75 Å². The molecule has 2 unspecified atom stereocenters. The molecular weight excluding hydrogens is 513 g/mol. The van der Waals surface area contributed by atoms with Crippen LogP contribution in [-0.4, -0.2) is 6.10 Å². The van der Waals surface area contributed by atoms with E-state index in [4.69, 9.17) is 4.74 Å². The van der Waals surface area contributed by atoms with Crippen LogP contribution < -0.4 is 4.74 Å². The van der Waals surface area contributed by atoms with E-state index >= 15 is 0 Å². The molecule has 0 amide bonds. The molecule has 184 valence electrons. The molecule has 3 heterocycles. The van der Waals surface area contributed by atoms with Crippen molar-refractivity contribution in [3.05, 3.63) is 132 Å². The predicted octanol–water partition coefficient (Wildman–Crippen LogP) is 10.6. The van der Waals surface area contributed by atoms with Gasteiger partial charge in [0, 0.05) is 63.0 Å². The second kappa shape index (κ2) is 8.16. The number of rotatable bonds is 2. The van der Waals surface area contributed by atoms with Crippen LogP contribution in [0.2, 0.25) is 0 Å². The van der Waals surface area contributed by atoms with Crippen molar-refractivity contribution in [2.45, 2.75) is 12.0 Å². The van der Waals surface area contributed by atoms with Crippen molar-refractivity contribution in [2.75, 3.05) is 0 Å². The summed E-state index contributed by atoms with van der Waals surface area (Å²) < 4.78 is 12.1. The summed E-state index contributed by atoms with van der Waals surface area (Å²) in [7, 11) is 0. The van der Waals surface area contributed by atoms with Crippen LogP contribution in [0.25, 0.3) is 57.0 Å². The molecule has 1 aliphatic heterocycles. The molecule has 0 spiro atoms. The van der Waals surface area contributed by atoms with Crippen LogP contribution in [0.1, 0.15) is 17.0 Å². The van der Waals surface area contributed by atoms with E-state index in [9.17, 15) is 0 Å². The lowest BCUT2D eigenvalue weighted by Crippen LogP contribution is -2.17. The standard InChI is InChI=1S/C36H22OS2/c1-3-16-32-23(8-1)27-13-5-10-22(35(27)38-32)21-18-19-31-30(20-21)26-12-6-11-25(34(26)37-31)29-15-7-14-28-24-9-2-4-17-33(24)39-36(28)29/h1-20,30-31H. The second-order valence-corrected chi connectivity index (χ2v) is 12.5. The van der Waals surface area contributed by atoms with Crippen molar-refractivity contribution in [3.63, 3.8) is 0 Å². The van der Waals surface area contributed by atoms with E-state index < -0.39 is 0 Å². The van der Waals surface area contributed by atoms with Gasteiger partial charge in [-0.05, 0) is 29.3 Å². The molecule has 0 radical (unpaired) electrons. The van der Waals surface area contributed by atoms with E-state index in [1.807, 2.05) is 22.7 Å². The number of benzene rings is 5. The van der Waals surface area contributed by atoms with Gasteiger partial charge in [-0.1, -0.05) is 103 Å². The zero-order valence-corrected chi connectivity index (χ0v) is 22.6. The maximum atomic E-state index is 6.71. The number of fused-ring (bicyclic) bond motifs is 9. The normalized spacial score (nSPS) is 18.0. The van der Waals surface area contributed by atoms with Gasteiger partial charge in [-0.2, -0.15) is 0 Å². The summed E-state index contributed by atoms with van der Waals surface area (Å²) in [4.78, 5) is 0. The van der Waals surface area contributed by atoms with Crippen LogP contribution in [0, 0.1) is 0 Å². The molecule has 0 saturated heterocycles. The van der Waals surface area contributed by atoms with Crippen molar-refractivity contribution < 1.29 is 4.74 Å². The fourth-order valence-electron chi connectivity index (χ4n) is 6.45. The molecule has 1 nitrogen and oxygen atoms in total. The molecule has 0 fully saturated rings. The summed E-state index contributed by atoms with van der Waals surface area (Å²) in [5, 5.41) is 5.32. The Labute approximate surface area is 233 Å². The molecule has 3 heteroatoms. The van der Waals surface area contributed by atoms with Gasteiger partial charge in [0.05, 0.1) is 0 Å². The lowest BCUT2D eigenvalue weighted by Gasteiger charge is -2.19. The van der Waals surface area contributed by atoms with E-state index in [1.54, 1.807) is 0 Å². The fraction of sp³-hybridized carbons (Fsp3) is 0.0556. The number of thiophene rings is 2. The Balaban J connectivity index is 1.19. The SMILES string of the molecule is C1=CC2Oc3c(-c4cccc5c4sc4ccccc45)cccc3C2C=C1c1cccc2c1sc1ccccc12. The highest BCUT2D eigenvalue weighted by atomic mass is 32.1. The lowest BCUT2D eigenvalue weighted by atomic mass is 9.86. The summed E-state index contributed by atoms with van der Waals surface area (Å²) in [5.74, 6) is 1.23. The maximum Gasteiger partial charge on any atom is 0.132 e. The average molecular weight is 535 g/mol. The van der Waals surface area contributed by atoms with Crippen LogP contribution in [0.4, 0.5) is 0 Å². The number of ether oxygens (including phenoxy) is 1. The highest BCUT2D eigenvalue weighted by Gasteiger charge is 2.35. The first-order chi connectivity index (χ1) is 19.3. The number of para-hydroxylation sites is 1. The van der Waals surface area contributed by atoms with E-state index in [0.717, 1.165) is 5.75 Å².